The second-order valence-electron chi connectivity index (χ2n) is 7.67. The zero-order valence-electron chi connectivity index (χ0n) is 17.2. The zero-order chi connectivity index (χ0) is 21.2. The number of rotatable bonds is 5. The molecule has 152 valence electrons. The molecule has 5 rings (SSSR count). The number of nitrogens with one attached hydrogen (secondary N) is 2. The summed E-state index contributed by atoms with van der Waals surface area (Å²) in [7, 11) is 0. The lowest BCUT2D eigenvalue weighted by atomic mass is 10.0. The molecule has 0 bridgehead atoms. The molecule has 0 fully saturated rings. The van der Waals surface area contributed by atoms with Crippen molar-refractivity contribution in [1.82, 2.24) is 9.97 Å². The molecular weight excluding hydrogens is 384 g/mol. The van der Waals surface area contributed by atoms with Crippen molar-refractivity contribution in [3.63, 3.8) is 0 Å². The van der Waals surface area contributed by atoms with Gasteiger partial charge in [-0.05, 0) is 65.4 Å². The summed E-state index contributed by atoms with van der Waals surface area (Å²) >= 11 is 0. The van der Waals surface area contributed by atoms with Crippen LogP contribution in [0.3, 0.4) is 0 Å². The number of hydrogen-bond donors (Lipinski definition) is 2. The fraction of sp³-hybridized carbons (Fsp3) is 0.115. The van der Waals surface area contributed by atoms with Crippen LogP contribution in [0.4, 0.5) is 11.5 Å². The minimum Gasteiger partial charge on any atom is -0.364 e. The van der Waals surface area contributed by atoms with E-state index in [0.717, 1.165) is 34.6 Å². The van der Waals surface area contributed by atoms with Crippen LogP contribution in [0.2, 0.25) is 0 Å². The van der Waals surface area contributed by atoms with Crippen molar-refractivity contribution in [3.05, 3.63) is 107 Å². The van der Waals surface area contributed by atoms with Crippen molar-refractivity contribution in [2.45, 2.75) is 19.9 Å². The van der Waals surface area contributed by atoms with E-state index >= 15 is 0 Å². The van der Waals surface area contributed by atoms with E-state index in [1.807, 2.05) is 55.5 Å². The molecule has 1 aliphatic rings. The molecule has 5 nitrogen and oxygen atoms in total. The van der Waals surface area contributed by atoms with Crippen molar-refractivity contribution >= 4 is 17.4 Å². The van der Waals surface area contributed by atoms with Gasteiger partial charge in [-0.3, -0.25) is 9.78 Å². The number of fused-ring (bicyclic) bond motifs is 3. The Bertz CT molecular complexity index is 1260. The molecule has 1 amide bonds. The van der Waals surface area contributed by atoms with Crippen LogP contribution >= 0.6 is 0 Å². The van der Waals surface area contributed by atoms with Gasteiger partial charge < -0.3 is 10.6 Å². The molecule has 2 aromatic carbocycles. The summed E-state index contributed by atoms with van der Waals surface area (Å²) in [6.07, 6.45) is 4.24. The molecule has 0 spiro atoms. The molecule has 5 heteroatoms. The highest BCUT2D eigenvalue weighted by molar-refractivity contribution is 6.07. The maximum absolute atomic E-state index is 13.0. The first-order valence-electron chi connectivity index (χ1n) is 10.3. The SMILES string of the molecule is Cc1cccnc1CNc1ccc(NC(=O)c2cccc3c2Cc2ccccc2-3)cn1. The monoisotopic (exact) mass is 406 g/mol. The van der Waals surface area contributed by atoms with Crippen LogP contribution in [-0.2, 0) is 13.0 Å². The third-order valence-corrected chi connectivity index (χ3v) is 5.67. The van der Waals surface area contributed by atoms with Crippen molar-refractivity contribution in [2.24, 2.45) is 0 Å². The molecule has 0 aliphatic heterocycles. The van der Waals surface area contributed by atoms with Crippen LogP contribution < -0.4 is 10.6 Å². The molecular formula is C26H22N4O. The summed E-state index contributed by atoms with van der Waals surface area (Å²) in [5, 5.41) is 6.26. The van der Waals surface area contributed by atoms with E-state index in [0.29, 0.717) is 17.8 Å². The van der Waals surface area contributed by atoms with Gasteiger partial charge in [0, 0.05) is 11.8 Å². The van der Waals surface area contributed by atoms with E-state index in [1.165, 1.54) is 11.1 Å². The number of amides is 1. The van der Waals surface area contributed by atoms with Gasteiger partial charge in [-0.2, -0.15) is 0 Å². The number of carbonyl (C=O) groups excluding carboxylic acids is 1. The fourth-order valence-electron chi connectivity index (χ4n) is 4.02. The van der Waals surface area contributed by atoms with Crippen molar-refractivity contribution in [1.29, 1.82) is 0 Å². The lowest BCUT2D eigenvalue weighted by Gasteiger charge is -2.11. The lowest BCUT2D eigenvalue weighted by molar-refractivity contribution is 0.102. The normalized spacial score (nSPS) is 11.5. The van der Waals surface area contributed by atoms with Gasteiger partial charge in [-0.25, -0.2) is 4.98 Å². The highest BCUT2D eigenvalue weighted by Crippen LogP contribution is 2.38. The maximum Gasteiger partial charge on any atom is 0.256 e. The first-order chi connectivity index (χ1) is 15.2. The predicted molar refractivity (Wildman–Crippen MR) is 123 cm³/mol. The average molecular weight is 406 g/mol. The third kappa shape index (κ3) is 3.78. The number of anilines is 2. The molecule has 0 saturated heterocycles. The van der Waals surface area contributed by atoms with Gasteiger partial charge in [-0.1, -0.05) is 42.5 Å². The Balaban J connectivity index is 1.28. The smallest absolute Gasteiger partial charge is 0.256 e. The molecule has 2 heterocycles. The molecule has 31 heavy (non-hydrogen) atoms. The standard InChI is InChI=1S/C26H22N4O/c1-17-6-5-13-27-24(17)16-29-25-12-11-19(15-28-25)30-26(31)22-10-4-9-21-20-8-3-2-7-18(20)14-23(21)22/h2-13,15H,14,16H2,1H3,(H,28,29)(H,30,31). The van der Waals surface area contributed by atoms with Crippen LogP contribution in [0.25, 0.3) is 11.1 Å². The lowest BCUT2D eigenvalue weighted by Crippen LogP contribution is -2.14. The van der Waals surface area contributed by atoms with Crippen LogP contribution in [0.1, 0.15) is 32.7 Å². The van der Waals surface area contributed by atoms with E-state index in [1.54, 1.807) is 12.4 Å². The van der Waals surface area contributed by atoms with Gasteiger partial charge in [-0.15, -0.1) is 0 Å². The number of pyridine rings is 2. The molecule has 4 aromatic rings. The first kappa shape index (κ1) is 19.0. The quantitative estimate of drug-likeness (QED) is 0.420. The molecule has 2 N–H and O–H groups in total. The van der Waals surface area contributed by atoms with Gasteiger partial charge >= 0.3 is 0 Å². The van der Waals surface area contributed by atoms with Gasteiger partial charge in [0.05, 0.1) is 24.1 Å². The third-order valence-electron chi connectivity index (χ3n) is 5.67. The van der Waals surface area contributed by atoms with Gasteiger partial charge in [0.1, 0.15) is 5.82 Å². The van der Waals surface area contributed by atoms with E-state index < -0.39 is 0 Å². The number of nitrogens with zero attached hydrogens (tertiary/aromatic N) is 2. The van der Waals surface area contributed by atoms with Crippen LogP contribution in [0.15, 0.2) is 79.1 Å². The second kappa shape index (κ2) is 8.03. The molecule has 1 aliphatic carbocycles. The van der Waals surface area contributed by atoms with Crippen molar-refractivity contribution in [3.8, 4) is 11.1 Å². The van der Waals surface area contributed by atoms with Gasteiger partial charge in [0.2, 0.25) is 0 Å². The molecule has 0 radical (unpaired) electrons. The Hall–Kier alpha value is -3.99. The van der Waals surface area contributed by atoms with Crippen LogP contribution in [-0.4, -0.2) is 15.9 Å². The topological polar surface area (TPSA) is 66.9 Å². The van der Waals surface area contributed by atoms with Crippen LogP contribution in [0, 0.1) is 6.92 Å². The predicted octanol–water partition coefficient (Wildman–Crippen LogP) is 5.22. The Morgan fingerprint density at radius 1 is 0.935 bits per heavy atom. The second-order valence-corrected chi connectivity index (χ2v) is 7.67. The highest BCUT2D eigenvalue weighted by atomic mass is 16.1. The van der Waals surface area contributed by atoms with E-state index in [-0.39, 0.29) is 5.91 Å². The van der Waals surface area contributed by atoms with Crippen LogP contribution in [0.5, 0.6) is 0 Å². The minimum absolute atomic E-state index is 0.115. The van der Waals surface area contributed by atoms with Crippen molar-refractivity contribution < 1.29 is 4.79 Å². The summed E-state index contributed by atoms with van der Waals surface area (Å²) in [5.41, 5.74) is 8.20. The number of aromatic nitrogens is 2. The number of benzene rings is 2. The van der Waals surface area contributed by atoms with Crippen molar-refractivity contribution in [2.75, 3.05) is 10.6 Å². The number of carbonyl (C=O) groups is 1. The maximum atomic E-state index is 13.0. The fourth-order valence-corrected chi connectivity index (χ4v) is 4.02. The first-order valence-corrected chi connectivity index (χ1v) is 10.3. The van der Waals surface area contributed by atoms with Gasteiger partial charge in [0.25, 0.3) is 5.91 Å². The molecule has 2 aromatic heterocycles. The summed E-state index contributed by atoms with van der Waals surface area (Å²) in [4.78, 5) is 21.8. The van der Waals surface area contributed by atoms with E-state index in [9.17, 15) is 4.79 Å². The highest BCUT2D eigenvalue weighted by Gasteiger charge is 2.23. The summed E-state index contributed by atoms with van der Waals surface area (Å²) in [5.74, 6) is 0.621. The number of hydrogen-bond acceptors (Lipinski definition) is 4. The Morgan fingerprint density at radius 3 is 2.65 bits per heavy atom. The number of aryl methyl sites for hydroxylation is 1. The summed E-state index contributed by atoms with van der Waals surface area (Å²) in [6.45, 7) is 2.64. The summed E-state index contributed by atoms with van der Waals surface area (Å²) < 4.78 is 0. The Morgan fingerprint density at radius 2 is 1.81 bits per heavy atom. The Kier molecular flexibility index (Phi) is 4.92. The average Bonchev–Trinajstić information content (AvgIpc) is 3.18. The summed E-state index contributed by atoms with van der Waals surface area (Å²) in [6, 6.07) is 21.9. The molecule has 0 atom stereocenters. The van der Waals surface area contributed by atoms with E-state index in [4.69, 9.17) is 0 Å². The molecule has 0 saturated carbocycles. The molecule has 0 unspecified atom stereocenters. The zero-order valence-corrected chi connectivity index (χ0v) is 17.2. The Labute approximate surface area is 181 Å². The minimum atomic E-state index is -0.115. The van der Waals surface area contributed by atoms with E-state index in [2.05, 4.69) is 38.8 Å². The van der Waals surface area contributed by atoms with Gasteiger partial charge in [0.15, 0.2) is 0 Å². The largest absolute Gasteiger partial charge is 0.364 e.